The monoisotopic (exact) mass is 307 g/mol. The van der Waals surface area contributed by atoms with Crippen LogP contribution in [0.4, 0.5) is 0 Å². The molecule has 0 aliphatic rings. The first-order valence-electron chi connectivity index (χ1n) is 8.55. The van der Waals surface area contributed by atoms with Gasteiger partial charge in [-0.2, -0.15) is 0 Å². The van der Waals surface area contributed by atoms with Gasteiger partial charge in [-0.3, -0.25) is 0 Å². The topological polar surface area (TPSA) is 23.5 Å². The number of nitrogens with zero attached hydrogens (tertiary/aromatic N) is 1. The first-order valence-corrected chi connectivity index (χ1v) is 8.55. The highest BCUT2D eigenvalue weighted by molar-refractivity contribution is 6.09. The molecule has 0 saturated heterocycles. The molecule has 0 aliphatic heterocycles. The summed E-state index contributed by atoms with van der Waals surface area (Å²) in [4.78, 5) is 2.35. The van der Waals surface area contributed by atoms with E-state index >= 15 is 0 Å². The summed E-state index contributed by atoms with van der Waals surface area (Å²) in [5.74, 6) is 0. The maximum absolute atomic E-state index is 10.8. The Morgan fingerprint density at radius 3 is 2.17 bits per heavy atom. The van der Waals surface area contributed by atoms with Crippen LogP contribution in [0.3, 0.4) is 0 Å². The molecule has 0 aromatic heterocycles. The summed E-state index contributed by atoms with van der Waals surface area (Å²) in [6.07, 6.45) is 0.342. The lowest BCUT2D eigenvalue weighted by atomic mass is 9.93. The molecule has 23 heavy (non-hydrogen) atoms. The third-order valence-electron chi connectivity index (χ3n) is 4.77. The van der Waals surface area contributed by atoms with Gasteiger partial charge in [0.1, 0.15) is 0 Å². The van der Waals surface area contributed by atoms with E-state index in [1.807, 2.05) is 0 Å². The van der Waals surface area contributed by atoms with E-state index in [4.69, 9.17) is 0 Å². The number of hydrogen-bond acceptors (Lipinski definition) is 2. The number of aliphatic hydroxyl groups excluding tert-OH is 1. The summed E-state index contributed by atoms with van der Waals surface area (Å²) in [5, 5.41) is 15.6. The fourth-order valence-corrected chi connectivity index (χ4v) is 3.36. The van der Waals surface area contributed by atoms with Gasteiger partial charge in [-0.15, -0.1) is 0 Å². The van der Waals surface area contributed by atoms with Crippen molar-refractivity contribution < 1.29 is 5.11 Å². The molecule has 2 nitrogen and oxygen atoms in total. The Bertz CT molecular complexity index is 792. The number of hydrogen-bond donors (Lipinski definition) is 1. The maximum atomic E-state index is 10.8. The van der Waals surface area contributed by atoms with Crippen LogP contribution < -0.4 is 0 Å². The molecular formula is C21H25NO. The first kappa shape index (κ1) is 16.0. The fourth-order valence-electron chi connectivity index (χ4n) is 3.36. The molecule has 0 bridgehead atoms. The normalized spacial score (nSPS) is 13.0. The third kappa shape index (κ3) is 3.24. The van der Waals surface area contributed by atoms with Crippen LogP contribution in [-0.4, -0.2) is 29.6 Å². The van der Waals surface area contributed by atoms with Gasteiger partial charge >= 0.3 is 0 Å². The highest BCUT2D eigenvalue weighted by Crippen LogP contribution is 2.33. The van der Waals surface area contributed by atoms with Crippen molar-refractivity contribution in [3.05, 3.63) is 60.2 Å². The molecule has 0 heterocycles. The largest absolute Gasteiger partial charge is 0.388 e. The second-order valence-corrected chi connectivity index (χ2v) is 6.06. The molecule has 1 atom stereocenters. The predicted octanol–water partition coefficient (Wildman–Crippen LogP) is 4.76. The highest BCUT2D eigenvalue weighted by atomic mass is 16.3. The van der Waals surface area contributed by atoms with E-state index in [0.29, 0.717) is 0 Å². The quantitative estimate of drug-likeness (QED) is 0.664. The molecule has 120 valence electrons. The lowest BCUT2D eigenvalue weighted by molar-refractivity contribution is 0.146. The molecule has 0 radical (unpaired) electrons. The predicted molar refractivity (Wildman–Crippen MR) is 98.8 cm³/mol. The molecule has 0 unspecified atom stereocenters. The van der Waals surface area contributed by atoms with Gasteiger partial charge in [0.15, 0.2) is 0 Å². The van der Waals surface area contributed by atoms with Crippen molar-refractivity contribution in [2.75, 3.05) is 19.6 Å². The number of benzene rings is 3. The number of aliphatic hydroxyl groups is 1. The zero-order chi connectivity index (χ0) is 16.2. The lowest BCUT2D eigenvalue weighted by Crippen LogP contribution is -2.25. The van der Waals surface area contributed by atoms with Gasteiger partial charge in [-0.1, -0.05) is 62.4 Å². The van der Waals surface area contributed by atoms with E-state index in [0.717, 1.165) is 31.6 Å². The summed E-state index contributed by atoms with van der Waals surface area (Å²) in [7, 11) is 0. The van der Waals surface area contributed by atoms with Crippen molar-refractivity contribution in [1.82, 2.24) is 4.90 Å². The van der Waals surface area contributed by atoms with Crippen molar-refractivity contribution in [1.29, 1.82) is 0 Å². The average molecular weight is 307 g/mol. The van der Waals surface area contributed by atoms with E-state index in [-0.39, 0.29) is 0 Å². The summed E-state index contributed by atoms with van der Waals surface area (Å²) < 4.78 is 0. The van der Waals surface area contributed by atoms with Gasteiger partial charge in [0.05, 0.1) is 6.10 Å². The summed E-state index contributed by atoms with van der Waals surface area (Å²) >= 11 is 0. The average Bonchev–Trinajstić information content (AvgIpc) is 2.61. The van der Waals surface area contributed by atoms with Gasteiger partial charge in [-0.25, -0.2) is 0 Å². The van der Waals surface area contributed by atoms with Crippen molar-refractivity contribution in [3.63, 3.8) is 0 Å². The molecule has 2 heteroatoms. The Kier molecular flexibility index (Phi) is 4.94. The van der Waals surface area contributed by atoms with Crippen molar-refractivity contribution >= 4 is 21.5 Å². The van der Waals surface area contributed by atoms with Gasteiger partial charge < -0.3 is 10.0 Å². The first-order chi connectivity index (χ1) is 11.2. The Morgan fingerprint density at radius 2 is 1.48 bits per heavy atom. The van der Waals surface area contributed by atoms with E-state index in [1.165, 1.54) is 21.5 Å². The minimum atomic E-state index is -0.426. The molecule has 0 amide bonds. The number of rotatable bonds is 6. The van der Waals surface area contributed by atoms with Crippen molar-refractivity contribution in [3.8, 4) is 0 Å². The Hall–Kier alpha value is -1.90. The van der Waals surface area contributed by atoms with Crippen LogP contribution in [0.25, 0.3) is 21.5 Å². The van der Waals surface area contributed by atoms with Crippen molar-refractivity contribution in [2.45, 2.75) is 26.4 Å². The SMILES string of the molecule is CCN(CC)CC[C@@H](O)c1cc2ccccc2c2ccccc12. The van der Waals surface area contributed by atoms with E-state index in [2.05, 4.69) is 73.3 Å². The van der Waals surface area contributed by atoms with Gasteiger partial charge in [-0.05, 0) is 52.7 Å². The summed E-state index contributed by atoms with van der Waals surface area (Å²) in [6, 6.07) is 19.0. The van der Waals surface area contributed by atoms with Crippen LogP contribution in [0.2, 0.25) is 0 Å². The van der Waals surface area contributed by atoms with Gasteiger partial charge in [0.2, 0.25) is 0 Å². The second kappa shape index (κ2) is 7.12. The van der Waals surface area contributed by atoms with Gasteiger partial charge in [0.25, 0.3) is 0 Å². The third-order valence-corrected chi connectivity index (χ3v) is 4.77. The molecule has 3 aromatic carbocycles. The van der Waals surface area contributed by atoms with Crippen LogP contribution in [0.1, 0.15) is 31.9 Å². The van der Waals surface area contributed by atoms with Crippen molar-refractivity contribution in [2.24, 2.45) is 0 Å². The Morgan fingerprint density at radius 1 is 0.870 bits per heavy atom. The Labute approximate surface area is 138 Å². The minimum Gasteiger partial charge on any atom is -0.388 e. The molecule has 3 rings (SSSR count). The standard InChI is InChI=1S/C21H25NO/c1-3-22(4-2)14-13-21(23)20-15-16-9-5-6-10-17(16)18-11-7-8-12-19(18)20/h5-12,15,21,23H,3-4,13-14H2,1-2H3/t21-/m1/s1. The second-order valence-electron chi connectivity index (χ2n) is 6.06. The van der Waals surface area contributed by atoms with Crippen LogP contribution in [0, 0.1) is 0 Å². The summed E-state index contributed by atoms with van der Waals surface area (Å²) in [5.41, 5.74) is 1.05. The van der Waals surface area contributed by atoms with E-state index in [1.54, 1.807) is 0 Å². The minimum absolute atomic E-state index is 0.426. The van der Waals surface area contributed by atoms with E-state index in [9.17, 15) is 5.11 Å². The van der Waals surface area contributed by atoms with Crippen LogP contribution >= 0.6 is 0 Å². The molecule has 0 spiro atoms. The summed E-state index contributed by atoms with van der Waals surface area (Å²) in [6.45, 7) is 7.32. The van der Waals surface area contributed by atoms with Crippen LogP contribution in [0.15, 0.2) is 54.6 Å². The smallest absolute Gasteiger partial charge is 0.0808 e. The molecule has 0 aliphatic carbocycles. The number of fused-ring (bicyclic) bond motifs is 3. The molecule has 0 fully saturated rings. The Balaban J connectivity index is 2.01. The van der Waals surface area contributed by atoms with E-state index < -0.39 is 6.10 Å². The molecule has 0 saturated carbocycles. The highest BCUT2D eigenvalue weighted by Gasteiger charge is 2.14. The lowest BCUT2D eigenvalue weighted by Gasteiger charge is -2.21. The molecule has 3 aromatic rings. The fraction of sp³-hybridized carbons (Fsp3) is 0.333. The molecule has 1 N–H and O–H groups in total. The molecular weight excluding hydrogens is 282 g/mol. The van der Waals surface area contributed by atoms with Crippen LogP contribution in [-0.2, 0) is 0 Å². The van der Waals surface area contributed by atoms with Crippen LogP contribution in [0.5, 0.6) is 0 Å². The zero-order valence-corrected chi connectivity index (χ0v) is 14.0. The van der Waals surface area contributed by atoms with Gasteiger partial charge in [0, 0.05) is 6.54 Å². The zero-order valence-electron chi connectivity index (χ0n) is 14.0. The maximum Gasteiger partial charge on any atom is 0.0808 e.